The molecule has 0 aliphatic rings. The van der Waals surface area contributed by atoms with Crippen molar-refractivity contribution in [3.05, 3.63) is 52.1 Å². The van der Waals surface area contributed by atoms with Crippen LogP contribution in [0.15, 0.2) is 46.6 Å². The Morgan fingerprint density at radius 1 is 1.14 bits per heavy atom. The predicted molar refractivity (Wildman–Crippen MR) is 59.1 cm³/mol. The maximum absolute atomic E-state index is 11.6. The van der Waals surface area contributed by atoms with Gasteiger partial charge in [-0.15, -0.1) is 11.3 Å². The van der Waals surface area contributed by atoms with E-state index >= 15 is 0 Å². The van der Waals surface area contributed by atoms with Crippen molar-refractivity contribution >= 4 is 27.1 Å². The Kier molecular flexibility index (Phi) is 1.49. The zero-order valence-electron chi connectivity index (χ0n) is 7.31. The molecule has 2 nitrogen and oxygen atoms in total. The lowest BCUT2D eigenvalue weighted by molar-refractivity contribution is 1.19. The van der Waals surface area contributed by atoms with Gasteiger partial charge in [0.15, 0.2) is 0 Å². The SMILES string of the molecule is O=c1ccsc2cc3ccccc3n12. The summed E-state index contributed by atoms with van der Waals surface area (Å²) in [4.78, 5) is 12.6. The third kappa shape index (κ3) is 0.930. The summed E-state index contributed by atoms with van der Waals surface area (Å²) in [7, 11) is 0. The number of hydrogen-bond donors (Lipinski definition) is 0. The quantitative estimate of drug-likeness (QED) is 0.547. The molecular weight excluding hydrogens is 194 g/mol. The minimum Gasteiger partial charge on any atom is -0.269 e. The first-order valence-electron chi connectivity index (χ1n) is 4.34. The molecule has 0 saturated heterocycles. The van der Waals surface area contributed by atoms with Crippen molar-refractivity contribution in [3.8, 4) is 0 Å². The van der Waals surface area contributed by atoms with Crippen molar-refractivity contribution in [2.45, 2.75) is 0 Å². The lowest BCUT2D eigenvalue weighted by atomic mass is 10.2. The second kappa shape index (κ2) is 2.69. The maximum Gasteiger partial charge on any atom is 0.257 e. The van der Waals surface area contributed by atoms with Gasteiger partial charge in [0.1, 0.15) is 4.83 Å². The van der Waals surface area contributed by atoms with E-state index in [1.165, 1.54) is 0 Å². The molecule has 14 heavy (non-hydrogen) atoms. The van der Waals surface area contributed by atoms with Crippen LogP contribution >= 0.6 is 11.3 Å². The van der Waals surface area contributed by atoms with Crippen LogP contribution in [0.25, 0.3) is 15.7 Å². The molecule has 0 N–H and O–H groups in total. The maximum atomic E-state index is 11.6. The molecule has 0 radical (unpaired) electrons. The summed E-state index contributed by atoms with van der Waals surface area (Å²) in [6.45, 7) is 0. The molecule has 0 atom stereocenters. The lowest BCUT2D eigenvalue weighted by Gasteiger charge is -1.92. The second-order valence-corrected chi connectivity index (χ2v) is 4.06. The fraction of sp³-hybridized carbons (Fsp3) is 0. The molecule has 0 unspecified atom stereocenters. The van der Waals surface area contributed by atoms with Crippen LogP contribution in [0.2, 0.25) is 0 Å². The van der Waals surface area contributed by atoms with E-state index in [1.807, 2.05) is 35.7 Å². The molecule has 3 heteroatoms. The fourth-order valence-electron chi connectivity index (χ4n) is 1.68. The van der Waals surface area contributed by atoms with Crippen molar-refractivity contribution in [2.24, 2.45) is 0 Å². The van der Waals surface area contributed by atoms with Crippen molar-refractivity contribution < 1.29 is 0 Å². The first-order valence-corrected chi connectivity index (χ1v) is 5.22. The van der Waals surface area contributed by atoms with Gasteiger partial charge < -0.3 is 0 Å². The van der Waals surface area contributed by atoms with Crippen LogP contribution in [-0.4, -0.2) is 4.40 Å². The zero-order valence-corrected chi connectivity index (χ0v) is 8.12. The van der Waals surface area contributed by atoms with Crippen LogP contribution < -0.4 is 5.56 Å². The highest BCUT2D eigenvalue weighted by atomic mass is 32.1. The first kappa shape index (κ1) is 7.76. The van der Waals surface area contributed by atoms with Crippen molar-refractivity contribution in [2.75, 3.05) is 0 Å². The number of hydrogen-bond acceptors (Lipinski definition) is 2. The Morgan fingerprint density at radius 2 is 2.00 bits per heavy atom. The second-order valence-electron chi connectivity index (χ2n) is 3.14. The average molecular weight is 201 g/mol. The molecule has 3 rings (SSSR count). The molecule has 0 fully saturated rings. The summed E-state index contributed by atoms with van der Waals surface area (Å²) >= 11 is 1.58. The van der Waals surface area contributed by atoms with Crippen molar-refractivity contribution in [1.82, 2.24) is 4.40 Å². The summed E-state index contributed by atoms with van der Waals surface area (Å²) in [5.74, 6) is 0. The van der Waals surface area contributed by atoms with E-state index in [2.05, 4.69) is 0 Å². The van der Waals surface area contributed by atoms with Crippen LogP contribution in [0, 0.1) is 0 Å². The Morgan fingerprint density at radius 3 is 2.93 bits per heavy atom. The van der Waals surface area contributed by atoms with E-state index in [4.69, 9.17) is 0 Å². The van der Waals surface area contributed by atoms with Gasteiger partial charge in [-0.25, -0.2) is 0 Å². The smallest absolute Gasteiger partial charge is 0.257 e. The number of rotatable bonds is 0. The van der Waals surface area contributed by atoms with Gasteiger partial charge in [-0.3, -0.25) is 9.20 Å². The fourth-order valence-corrected chi connectivity index (χ4v) is 2.49. The molecule has 0 saturated carbocycles. The van der Waals surface area contributed by atoms with Crippen LogP contribution in [0.4, 0.5) is 0 Å². The highest BCUT2D eigenvalue weighted by molar-refractivity contribution is 7.15. The molecule has 0 aliphatic carbocycles. The van der Waals surface area contributed by atoms with E-state index in [0.717, 1.165) is 15.7 Å². The van der Waals surface area contributed by atoms with Gasteiger partial charge >= 0.3 is 0 Å². The molecule has 68 valence electrons. The number of benzene rings is 1. The molecule has 3 aromatic rings. The third-order valence-electron chi connectivity index (χ3n) is 2.30. The Hall–Kier alpha value is -1.61. The Labute approximate surface area is 84.0 Å². The van der Waals surface area contributed by atoms with E-state index in [1.54, 1.807) is 21.8 Å². The summed E-state index contributed by atoms with van der Waals surface area (Å²) in [5.41, 5.74) is 1.03. The monoisotopic (exact) mass is 201 g/mol. The van der Waals surface area contributed by atoms with Crippen LogP contribution in [0.3, 0.4) is 0 Å². The molecule has 0 amide bonds. The van der Waals surface area contributed by atoms with Gasteiger partial charge in [0, 0.05) is 11.5 Å². The summed E-state index contributed by atoms with van der Waals surface area (Å²) in [5, 5.41) is 2.95. The van der Waals surface area contributed by atoms with E-state index in [-0.39, 0.29) is 5.56 Å². The van der Waals surface area contributed by atoms with E-state index in [9.17, 15) is 4.79 Å². The summed E-state index contributed by atoms with van der Waals surface area (Å²) in [6, 6.07) is 11.6. The molecule has 1 aromatic carbocycles. The Balaban J connectivity index is 2.73. The Bertz CT molecular complexity index is 665. The van der Waals surface area contributed by atoms with Crippen LogP contribution in [0.1, 0.15) is 0 Å². The van der Waals surface area contributed by atoms with Gasteiger partial charge in [-0.05, 0) is 17.5 Å². The third-order valence-corrected chi connectivity index (χ3v) is 3.11. The van der Waals surface area contributed by atoms with E-state index < -0.39 is 0 Å². The predicted octanol–water partition coefficient (Wildman–Crippen LogP) is 2.51. The van der Waals surface area contributed by atoms with Gasteiger partial charge in [-0.2, -0.15) is 0 Å². The number of para-hydroxylation sites is 1. The summed E-state index contributed by atoms with van der Waals surface area (Å²) in [6.07, 6.45) is 0. The van der Waals surface area contributed by atoms with Crippen LogP contribution in [-0.2, 0) is 0 Å². The molecule has 0 bridgehead atoms. The van der Waals surface area contributed by atoms with Crippen LogP contribution in [0.5, 0.6) is 0 Å². The minimum absolute atomic E-state index is 0.0416. The topological polar surface area (TPSA) is 21.5 Å². The highest BCUT2D eigenvalue weighted by Crippen LogP contribution is 2.20. The van der Waals surface area contributed by atoms with Crippen molar-refractivity contribution in [1.29, 1.82) is 0 Å². The normalized spacial score (nSPS) is 11.1. The first-order chi connectivity index (χ1) is 6.86. The lowest BCUT2D eigenvalue weighted by Crippen LogP contribution is -2.08. The van der Waals surface area contributed by atoms with Gasteiger partial charge in [-0.1, -0.05) is 18.2 Å². The average Bonchev–Trinajstić information content (AvgIpc) is 2.57. The van der Waals surface area contributed by atoms with Crippen molar-refractivity contribution in [3.63, 3.8) is 0 Å². The number of fused-ring (bicyclic) bond motifs is 3. The largest absolute Gasteiger partial charge is 0.269 e. The molecule has 0 aliphatic heterocycles. The van der Waals surface area contributed by atoms with Gasteiger partial charge in [0.05, 0.1) is 5.52 Å². The number of aromatic nitrogens is 1. The minimum atomic E-state index is 0.0416. The highest BCUT2D eigenvalue weighted by Gasteiger charge is 2.03. The molecular formula is C11H7NOS. The zero-order chi connectivity index (χ0) is 9.54. The molecule has 2 heterocycles. The standard InChI is InChI=1S/C11H7NOS/c13-10-5-6-14-11-7-8-3-1-2-4-9(8)12(10)11/h1-7H. The number of nitrogens with zero attached hydrogens (tertiary/aromatic N) is 1. The van der Waals surface area contributed by atoms with E-state index in [0.29, 0.717) is 0 Å². The summed E-state index contributed by atoms with van der Waals surface area (Å²) < 4.78 is 1.75. The molecule has 2 aromatic heterocycles. The van der Waals surface area contributed by atoms with Gasteiger partial charge in [0.25, 0.3) is 5.56 Å². The van der Waals surface area contributed by atoms with Gasteiger partial charge in [0.2, 0.25) is 0 Å². The molecule has 0 spiro atoms.